The Hall–Kier alpha value is -2.69. The van der Waals surface area contributed by atoms with E-state index in [0.717, 1.165) is 0 Å². The second-order valence-electron chi connectivity index (χ2n) is 5.33. The molecule has 2 N–H and O–H groups in total. The molecule has 2 rings (SSSR count). The molecule has 0 fully saturated rings. The van der Waals surface area contributed by atoms with Crippen LogP contribution in [-0.2, 0) is 0 Å². The lowest BCUT2D eigenvalue weighted by Gasteiger charge is -2.08. The van der Waals surface area contributed by atoms with E-state index in [1.807, 2.05) is 32.0 Å². The maximum absolute atomic E-state index is 12.1. The van der Waals surface area contributed by atoms with E-state index in [2.05, 4.69) is 15.6 Å². The Kier molecular flexibility index (Phi) is 5.25. The van der Waals surface area contributed by atoms with Crippen LogP contribution < -0.4 is 10.6 Å². The minimum atomic E-state index is -0.343. The second kappa shape index (κ2) is 7.36. The number of nitrogens with zero attached hydrogens (tertiary/aromatic N) is 1. The highest BCUT2D eigenvalue weighted by atomic mass is 16.2. The third-order valence-corrected chi connectivity index (χ3v) is 2.92. The van der Waals surface area contributed by atoms with Crippen LogP contribution in [0.2, 0.25) is 0 Å². The highest BCUT2D eigenvalue weighted by molar-refractivity contribution is 6.03. The van der Waals surface area contributed by atoms with Crippen LogP contribution in [0.1, 0.15) is 34.8 Å². The highest BCUT2D eigenvalue weighted by Gasteiger charge is 2.12. The van der Waals surface area contributed by atoms with Crippen molar-refractivity contribution in [3.05, 3.63) is 59.9 Å². The first-order chi connectivity index (χ1) is 10.6. The first kappa shape index (κ1) is 15.7. The summed E-state index contributed by atoms with van der Waals surface area (Å²) < 4.78 is 0. The van der Waals surface area contributed by atoms with Crippen LogP contribution in [-0.4, -0.2) is 23.3 Å². The molecule has 0 atom stereocenters. The standard InChI is InChI=1S/C17H19N3O2/c1-12(2)11-18-16(21)14-9-6-10-15(20-14)17(22)19-13-7-4-3-5-8-13/h3-10,12H,11H2,1-2H3,(H,18,21)(H,19,22). The van der Waals surface area contributed by atoms with Crippen LogP contribution in [0, 0.1) is 5.92 Å². The van der Waals surface area contributed by atoms with Crippen LogP contribution in [0.5, 0.6) is 0 Å². The van der Waals surface area contributed by atoms with Crippen LogP contribution in [0.4, 0.5) is 5.69 Å². The molecule has 0 spiro atoms. The summed E-state index contributed by atoms with van der Waals surface area (Å²) in [6.07, 6.45) is 0. The van der Waals surface area contributed by atoms with Gasteiger partial charge in [0.15, 0.2) is 0 Å². The minimum Gasteiger partial charge on any atom is -0.350 e. The fourth-order valence-electron chi connectivity index (χ4n) is 1.79. The second-order valence-corrected chi connectivity index (χ2v) is 5.33. The molecule has 5 nitrogen and oxygen atoms in total. The number of carbonyl (C=O) groups excluding carboxylic acids is 2. The molecule has 1 aromatic heterocycles. The largest absolute Gasteiger partial charge is 0.350 e. The molecule has 0 radical (unpaired) electrons. The van der Waals surface area contributed by atoms with Gasteiger partial charge >= 0.3 is 0 Å². The van der Waals surface area contributed by atoms with Crippen molar-refractivity contribution in [1.29, 1.82) is 0 Å². The summed E-state index contributed by atoms with van der Waals surface area (Å²) in [5.74, 6) is -0.263. The van der Waals surface area contributed by atoms with Gasteiger partial charge < -0.3 is 10.6 Å². The smallest absolute Gasteiger partial charge is 0.274 e. The normalized spacial score (nSPS) is 10.3. The molecule has 0 saturated carbocycles. The van der Waals surface area contributed by atoms with E-state index in [1.54, 1.807) is 30.3 Å². The molecule has 2 amide bonds. The molecular weight excluding hydrogens is 278 g/mol. The van der Waals surface area contributed by atoms with Gasteiger partial charge in [-0.3, -0.25) is 9.59 Å². The van der Waals surface area contributed by atoms with Gasteiger partial charge in [0.05, 0.1) is 0 Å². The first-order valence-electron chi connectivity index (χ1n) is 7.18. The number of nitrogens with one attached hydrogen (secondary N) is 2. The zero-order valence-corrected chi connectivity index (χ0v) is 12.7. The predicted octanol–water partition coefficient (Wildman–Crippen LogP) is 2.72. The van der Waals surface area contributed by atoms with Crippen molar-refractivity contribution in [1.82, 2.24) is 10.3 Å². The SMILES string of the molecule is CC(C)CNC(=O)c1cccc(C(=O)Nc2ccccc2)n1. The average molecular weight is 297 g/mol. The Morgan fingerprint density at radius 1 is 0.955 bits per heavy atom. The zero-order chi connectivity index (χ0) is 15.9. The van der Waals surface area contributed by atoms with Gasteiger partial charge in [-0.25, -0.2) is 4.98 Å². The molecule has 2 aromatic rings. The predicted molar refractivity (Wildman–Crippen MR) is 85.8 cm³/mol. The Morgan fingerprint density at radius 3 is 2.23 bits per heavy atom. The fraction of sp³-hybridized carbons (Fsp3) is 0.235. The molecule has 0 bridgehead atoms. The molecule has 114 valence electrons. The Balaban J connectivity index is 2.07. The molecule has 0 aliphatic heterocycles. The van der Waals surface area contributed by atoms with Crippen LogP contribution in [0.15, 0.2) is 48.5 Å². The molecule has 0 saturated heterocycles. The maximum atomic E-state index is 12.1. The molecule has 22 heavy (non-hydrogen) atoms. The monoisotopic (exact) mass is 297 g/mol. The van der Waals surface area contributed by atoms with Gasteiger partial charge in [-0.15, -0.1) is 0 Å². The van der Waals surface area contributed by atoms with Crippen molar-refractivity contribution in [3.63, 3.8) is 0 Å². The molecule has 0 unspecified atom stereocenters. The summed E-state index contributed by atoms with van der Waals surface area (Å²) in [7, 11) is 0. The summed E-state index contributed by atoms with van der Waals surface area (Å²) in [5.41, 5.74) is 1.13. The summed E-state index contributed by atoms with van der Waals surface area (Å²) in [5, 5.41) is 5.52. The third-order valence-electron chi connectivity index (χ3n) is 2.92. The number of benzene rings is 1. The van der Waals surface area contributed by atoms with E-state index >= 15 is 0 Å². The minimum absolute atomic E-state index is 0.209. The topological polar surface area (TPSA) is 71.1 Å². The molecule has 0 aliphatic carbocycles. The molecule has 0 aliphatic rings. The number of carbonyl (C=O) groups is 2. The van der Waals surface area contributed by atoms with Crippen molar-refractivity contribution < 1.29 is 9.59 Å². The van der Waals surface area contributed by atoms with Gasteiger partial charge in [-0.05, 0) is 30.2 Å². The molecule has 1 heterocycles. The molecule has 5 heteroatoms. The molecular formula is C17H19N3O2. The van der Waals surface area contributed by atoms with Gasteiger partial charge in [-0.2, -0.15) is 0 Å². The van der Waals surface area contributed by atoms with Gasteiger partial charge in [0, 0.05) is 12.2 Å². The van der Waals surface area contributed by atoms with E-state index in [4.69, 9.17) is 0 Å². The quantitative estimate of drug-likeness (QED) is 0.891. The summed E-state index contributed by atoms with van der Waals surface area (Å²) >= 11 is 0. The number of hydrogen-bond acceptors (Lipinski definition) is 3. The average Bonchev–Trinajstić information content (AvgIpc) is 2.53. The number of hydrogen-bond donors (Lipinski definition) is 2. The van der Waals surface area contributed by atoms with Crippen LogP contribution in [0.3, 0.4) is 0 Å². The lowest BCUT2D eigenvalue weighted by molar-refractivity contribution is 0.0944. The van der Waals surface area contributed by atoms with Gasteiger partial charge in [0.25, 0.3) is 11.8 Å². The number of aromatic nitrogens is 1. The maximum Gasteiger partial charge on any atom is 0.274 e. The van der Waals surface area contributed by atoms with Crippen molar-refractivity contribution in [3.8, 4) is 0 Å². The van der Waals surface area contributed by atoms with E-state index in [-0.39, 0.29) is 23.2 Å². The van der Waals surface area contributed by atoms with Crippen molar-refractivity contribution >= 4 is 17.5 Å². The van der Waals surface area contributed by atoms with Crippen molar-refractivity contribution in [2.24, 2.45) is 5.92 Å². The number of rotatable bonds is 5. The Labute approximate surface area is 129 Å². The van der Waals surface area contributed by atoms with Crippen molar-refractivity contribution in [2.75, 3.05) is 11.9 Å². The van der Waals surface area contributed by atoms with E-state index in [1.165, 1.54) is 0 Å². The van der Waals surface area contributed by atoms with Gasteiger partial charge in [0.1, 0.15) is 11.4 Å². The van der Waals surface area contributed by atoms with Crippen molar-refractivity contribution in [2.45, 2.75) is 13.8 Å². The number of pyridine rings is 1. The number of para-hydroxylation sites is 1. The zero-order valence-electron chi connectivity index (χ0n) is 12.7. The lowest BCUT2D eigenvalue weighted by atomic mass is 10.2. The summed E-state index contributed by atoms with van der Waals surface area (Å²) in [6, 6.07) is 13.9. The van der Waals surface area contributed by atoms with Gasteiger partial charge in [0.2, 0.25) is 0 Å². The highest BCUT2D eigenvalue weighted by Crippen LogP contribution is 2.08. The van der Waals surface area contributed by atoms with Gasteiger partial charge in [-0.1, -0.05) is 38.1 Å². The fourth-order valence-corrected chi connectivity index (χ4v) is 1.79. The van der Waals surface area contributed by atoms with E-state index < -0.39 is 0 Å². The third kappa shape index (κ3) is 4.41. The van der Waals surface area contributed by atoms with E-state index in [0.29, 0.717) is 18.2 Å². The Bertz CT molecular complexity index is 654. The summed E-state index contributed by atoms with van der Waals surface area (Å²) in [4.78, 5) is 28.2. The summed E-state index contributed by atoms with van der Waals surface area (Å²) in [6.45, 7) is 4.59. The van der Waals surface area contributed by atoms with Crippen LogP contribution in [0.25, 0.3) is 0 Å². The first-order valence-corrected chi connectivity index (χ1v) is 7.18. The number of anilines is 1. The van der Waals surface area contributed by atoms with E-state index in [9.17, 15) is 9.59 Å². The Morgan fingerprint density at radius 2 is 1.59 bits per heavy atom. The van der Waals surface area contributed by atoms with Crippen LogP contribution >= 0.6 is 0 Å². The molecule has 1 aromatic carbocycles. The number of amides is 2. The lowest BCUT2D eigenvalue weighted by Crippen LogP contribution is -2.28.